The van der Waals surface area contributed by atoms with E-state index in [1.54, 1.807) is 28.7 Å². The van der Waals surface area contributed by atoms with Gasteiger partial charge in [-0.15, -0.1) is 0 Å². The maximum Gasteiger partial charge on any atom is 0.436 e. The molecule has 0 saturated heterocycles. The lowest BCUT2D eigenvalue weighted by Crippen LogP contribution is -2.07. The fourth-order valence-corrected chi connectivity index (χ4v) is 2.21. The second kappa shape index (κ2) is 3.51. The summed E-state index contributed by atoms with van der Waals surface area (Å²) in [7, 11) is 0. The molecule has 0 aromatic carbocycles. The second-order valence-electron chi connectivity index (χ2n) is 2.80. The summed E-state index contributed by atoms with van der Waals surface area (Å²) in [4.78, 5) is 3.48. The first-order valence-corrected chi connectivity index (χ1v) is 5.26. The molecule has 0 atom stereocenters. The highest BCUT2D eigenvalue weighted by Crippen LogP contribution is 2.33. The number of imidazole rings is 1. The fourth-order valence-electron chi connectivity index (χ4n) is 1.19. The minimum absolute atomic E-state index is 0.0117. The first kappa shape index (κ1) is 11.0. The van der Waals surface area contributed by atoms with Gasteiger partial charge in [-0.2, -0.15) is 13.2 Å². The molecule has 0 unspecified atom stereocenters. The number of nitrogens with zero attached hydrogens (tertiary/aromatic N) is 2. The third kappa shape index (κ3) is 1.80. The third-order valence-corrected chi connectivity index (χ3v) is 3.14. The van der Waals surface area contributed by atoms with Crippen LogP contribution in [-0.2, 0) is 6.18 Å². The Labute approximate surface area is 101 Å². The van der Waals surface area contributed by atoms with E-state index in [1.165, 1.54) is 16.7 Å². The zero-order valence-electron chi connectivity index (χ0n) is 7.02. The molecule has 0 aliphatic rings. The fraction of sp³-hybridized carbons (Fsp3) is 0.125. The van der Waals surface area contributed by atoms with Gasteiger partial charge in [0.05, 0.1) is 5.02 Å². The van der Waals surface area contributed by atoms with Crippen LogP contribution in [0.15, 0.2) is 18.3 Å². The van der Waals surface area contributed by atoms with Crippen molar-refractivity contribution in [1.82, 2.24) is 9.38 Å². The summed E-state index contributed by atoms with van der Waals surface area (Å²) < 4.78 is 38.8. The predicted molar refractivity (Wildman–Crippen MR) is 57.9 cm³/mol. The zero-order chi connectivity index (χ0) is 11.2. The topological polar surface area (TPSA) is 17.3 Å². The van der Waals surface area contributed by atoms with Crippen molar-refractivity contribution < 1.29 is 13.2 Å². The lowest BCUT2D eigenvalue weighted by atomic mass is 10.5. The highest BCUT2D eigenvalue weighted by Gasteiger charge is 2.37. The number of hydrogen-bond donors (Lipinski definition) is 0. The largest absolute Gasteiger partial charge is 0.436 e. The predicted octanol–water partition coefficient (Wildman–Crippen LogP) is 3.61. The van der Waals surface area contributed by atoms with Crippen LogP contribution in [0.4, 0.5) is 13.2 Å². The second-order valence-corrected chi connectivity index (χ2v) is 4.23. The van der Waals surface area contributed by atoms with Crippen LogP contribution in [-0.4, -0.2) is 9.38 Å². The Morgan fingerprint density at radius 3 is 2.60 bits per heavy atom. The first-order chi connectivity index (χ1) is 6.91. The van der Waals surface area contributed by atoms with Crippen molar-refractivity contribution in [3.8, 4) is 0 Å². The van der Waals surface area contributed by atoms with Crippen molar-refractivity contribution in [2.45, 2.75) is 6.18 Å². The zero-order valence-corrected chi connectivity index (χ0v) is 9.93. The van der Waals surface area contributed by atoms with E-state index in [-0.39, 0.29) is 14.4 Å². The summed E-state index contributed by atoms with van der Waals surface area (Å²) in [6, 6.07) is 3.07. The molecule has 2 rings (SSSR count). The van der Waals surface area contributed by atoms with Crippen molar-refractivity contribution in [3.63, 3.8) is 0 Å². The Bertz CT molecular complexity index is 520. The van der Waals surface area contributed by atoms with Crippen LogP contribution in [0.2, 0.25) is 5.02 Å². The maximum atomic E-state index is 12.5. The van der Waals surface area contributed by atoms with Gasteiger partial charge in [-0.05, 0) is 34.7 Å². The van der Waals surface area contributed by atoms with E-state index in [9.17, 15) is 13.2 Å². The molecular formula is C8H3ClF3IN2. The van der Waals surface area contributed by atoms with Gasteiger partial charge in [0.2, 0.25) is 0 Å². The van der Waals surface area contributed by atoms with Gasteiger partial charge in [0.1, 0.15) is 3.70 Å². The number of hydrogen-bond acceptors (Lipinski definition) is 1. The van der Waals surface area contributed by atoms with Gasteiger partial charge in [-0.1, -0.05) is 11.6 Å². The number of fused-ring (bicyclic) bond motifs is 1. The number of rotatable bonds is 0. The summed E-state index contributed by atoms with van der Waals surface area (Å²) in [5, 5.41) is 0.200. The maximum absolute atomic E-state index is 12.5. The van der Waals surface area contributed by atoms with Gasteiger partial charge < -0.3 is 0 Å². The molecule has 0 spiro atoms. The van der Waals surface area contributed by atoms with E-state index < -0.39 is 11.9 Å². The lowest BCUT2D eigenvalue weighted by Gasteiger charge is -2.01. The van der Waals surface area contributed by atoms with Gasteiger partial charge in [-0.3, -0.25) is 4.40 Å². The van der Waals surface area contributed by atoms with Crippen LogP contribution in [0.25, 0.3) is 5.65 Å². The Balaban J connectivity index is 2.81. The molecule has 0 aliphatic carbocycles. The van der Waals surface area contributed by atoms with Crippen LogP contribution >= 0.6 is 34.2 Å². The molecule has 2 nitrogen and oxygen atoms in total. The van der Waals surface area contributed by atoms with E-state index in [0.717, 1.165) is 0 Å². The number of pyridine rings is 1. The van der Waals surface area contributed by atoms with Crippen LogP contribution in [0, 0.1) is 3.70 Å². The van der Waals surface area contributed by atoms with Gasteiger partial charge in [-0.25, -0.2) is 4.98 Å². The Kier molecular flexibility index (Phi) is 2.58. The monoisotopic (exact) mass is 346 g/mol. The van der Waals surface area contributed by atoms with Crippen molar-refractivity contribution in [2.24, 2.45) is 0 Å². The molecule has 0 N–H and O–H groups in total. The summed E-state index contributed by atoms with van der Waals surface area (Å²) >= 11 is 7.34. The molecule has 2 heterocycles. The minimum atomic E-state index is -4.45. The smallest absolute Gasteiger partial charge is 0.293 e. The molecule has 0 amide bonds. The number of halogens is 5. The summed E-state index contributed by atoms with van der Waals surface area (Å²) in [6.45, 7) is 0. The standard InChI is InChI=1S/C8H3ClF3IN2/c9-4-2-1-3-15-6(13)5(8(10,11)12)14-7(4)15/h1-3H. The van der Waals surface area contributed by atoms with E-state index in [0.29, 0.717) is 0 Å². The first-order valence-electron chi connectivity index (χ1n) is 3.80. The van der Waals surface area contributed by atoms with Crippen molar-refractivity contribution in [3.05, 3.63) is 32.7 Å². The van der Waals surface area contributed by atoms with Crippen LogP contribution in [0.5, 0.6) is 0 Å². The quantitative estimate of drug-likeness (QED) is 0.666. The molecule has 0 aliphatic heterocycles. The molecule has 7 heteroatoms. The lowest BCUT2D eigenvalue weighted by molar-refractivity contribution is -0.141. The van der Waals surface area contributed by atoms with Gasteiger partial charge in [0, 0.05) is 6.20 Å². The SMILES string of the molecule is FC(F)(F)c1nc2c(Cl)cccn2c1I. The molecule has 80 valence electrons. The summed E-state index contributed by atoms with van der Waals surface area (Å²) in [5.74, 6) is 0. The third-order valence-electron chi connectivity index (χ3n) is 1.81. The highest BCUT2D eigenvalue weighted by atomic mass is 127. The van der Waals surface area contributed by atoms with Crippen LogP contribution in [0.3, 0.4) is 0 Å². The minimum Gasteiger partial charge on any atom is -0.293 e. The molecule has 2 aromatic rings. The van der Waals surface area contributed by atoms with Crippen LogP contribution < -0.4 is 0 Å². The normalized spacial score (nSPS) is 12.3. The molecule has 0 saturated carbocycles. The average molecular weight is 346 g/mol. The van der Waals surface area contributed by atoms with Crippen molar-refractivity contribution >= 4 is 39.8 Å². The van der Waals surface area contributed by atoms with Crippen molar-refractivity contribution in [2.75, 3.05) is 0 Å². The van der Waals surface area contributed by atoms with E-state index in [4.69, 9.17) is 11.6 Å². The molecular weight excluding hydrogens is 343 g/mol. The summed E-state index contributed by atoms with van der Waals surface area (Å²) in [5.41, 5.74) is -0.785. The van der Waals surface area contributed by atoms with E-state index in [1.807, 2.05) is 0 Å². The molecule has 0 bridgehead atoms. The Morgan fingerprint density at radius 2 is 2.07 bits per heavy atom. The number of alkyl halides is 3. The van der Waals surface area contributed by atoms with Gasteiger partial charge >= 0.3 is 6.18 Å². The molecule has 2 aromatic heterocycles. The summed E-state index contributed by atoms with van der Waals surface area (Å²) in [6.07, 6.45) is -2.96. The van der Waals surface area contributed by atoms with Crippen molar-refractivity contribution in [1.29, 1.82) is 0 Å². The molecule has 15 heavy (non-hydrogen) atoms. The highest BCUT2D eigenvalue weighted by molar-refractivity contribution is 14.1. The molecule has 0 fully saturated rings. The Hall–Kier alpha value is -0.500. The molecule has 0 radical (unpaired) electrons. The Morgan fingerprint density at radius 1 is 1.40 bits per heavy atom. The number of aromatic nitrogens is 2. The van der Waals surface area contributed by atoms with Gasteiger partial charge in [0.25, 0.3) is 0 Å². The average Bonchev–Trinajstić information content (AvgIpc) is 2.45. The van der Waals surface area contributed by atoms with E-state index >= 15 is 0 Å². The van der Waals surface area contributed by atoms with Gasteiger partial charge in [0.15, 0.2) is 11.3 Å². The van der Waals surface area contributed by atoms with E-state index in [2.05, 4.69) is 4.98 Å². The van der Waals surface area contributed by atoms with Crippen LogP contribution in [0.1, 0.15) is 5.69 Å².